The van der Waals surface area contributed by atoms with Crippen LogP contribution in [0.25, 0.3) is 6.08 Å². The molecule has 4 N–H and O–H groups in total. The van der Waals surface area contributed by atoms with Crippen LogP contribution in [0.15, 0.2) is 36.4 Å². The van der Waals surface area contributed by atoms with Crippen molar-refractivity contribution >= 4 is 44.1 Å². The molecular formula is C14H14IN3. The maximum atomic E-state index is 5.88. The first kappa shape index (κ1) is 11.5. The molecule has 2 aromatic carbocycles. The number of benzene rings is 2. The Labute approximate surface area is 116 Å². The van der Waals surface area contributed by atoms with Gasteiger partial charge in [-0.3, -0.25) is 0 Å². The van der Waals surface area contributed by atoms with Crippen molar-refractivity contribution in [3.8, 4) is 0 Å². The zero-order valence-electron chi connectivity index (χ0n) is 10.0. The summed E-state index contributed by atoms with van der Waals surface area (Å²) < 4.78 is 3.66. The third-order valence-corrected chi connectivity index (χ3v) is 5.64. The van der Waals surface area contributed by atoms with E-state index in [2.05, 4.69) is 34.4 Å². The Morgan fingerprint density at radius 3 is 2.56 bits per heavy atom. The second-order valence-corrected chi connectivity index (χ2v) is 7.40. The quantitative estimate of drug-likeness (QED) is 0.435. The van der Waals surface area contributed by atoms with Crippen LogP contribution >= 0.6 is 21.0 Å². The van der Waals surface area contributed by atoms with E-state index in [0.29, 0.717) is 0 Å². The van der Waals surface area contributed by atoms with Gasteiger partial charge in [0.25, 0.3) is 0 Å². The molecule has 0 saturated heterocycles. The Bertz CT molecular complexity index is 737. The zero-order chi connectivity index (χ0) is 12.7. The normalized spacial score (nSPS) is 13.3. The lowest BCUT2D eigenvalue weighted by atomic mass is 10.1. The van der Waals surface area contributed by atoms with Crippen LogP contribution in [0.3, 0.4) is 0 Å². The minimum absolute atomic E-state index is 0.247. The molecule has 18 heavy (non-hydrogen) atoms. The monoisotopic (exact) mass is 351 g/mol. The molecule has 1 aliphatic heterocycles. The van der Waals surface area contributed by atoms with E-state index in [9.17, 15) is 0 Å². The molecule has 1 aliphatic rings. The zero-order valence-corrected chi connectivity index (χ0v) is 12.2. The summed E-state index contributed by atoms with van der Waals surface area (Å²) >= 11 is -0.247. The van der Waals surface area contributed by atoms with Crippen molar-refractivity contribution < 1.29 is 0 Å². The highest BCUT2D eigenvalue weighted by molar-refractivity contribution is 14.2. The summed E-state index contributed by atoms with van der Waals surface area (Å²) in [4.78, 5) is 0. The fourth-order valence-electron chi connectivity index (χ4n) is 2.03. The first-order valence-corrected chi connectivity index (χ1v) is 7.70. The third-order valence-electron chi connectivity index (χ3n) is 2.94. The molecule has 0 aliphatic carbocycles. The molecule has 3 rings (SSSR count). The molecule has 0 amide bonds. The van der Waals surface area contributed by atoms with Gasteiger partial charge < -0.3 is 14.6 Å². The van der Waals surface area contributed by atoms with E-state index in [1.807, 2.05) is 18.2 Å². The number of rotatable bonds is 0. The van der Waals surface area contributed by atoms with E-state index in [0.717, 1.165) is 11.4 Å². The molecule has 0 bridgehead atoms. The number of anilines is 3. The van der Waals surface area contributed by atoms with Crippen molar-refractivity contribution in [1.82, 2.24) is 0 Å². The van der Waals surface area contributed by atoms with Crippen molar-refractivity contribution in [2.75, 3.05) is 21.6 Å². The summed E-state index contributed by atoms with van der Waals surface area (Å²) in [6.45, 7) is 0. The number of nitrogens with two attached hydrogens (primary N) is 2. The molecular weight excluding hydrogens is 337 g/mol. The lowest BCUT2D eigenvalue weighted by Crippen LogP contribution is -2.03. The average molecular weight is 351 g/mol. The fraction of sp³-hybridized carbons (Fsp3) is 0.0714. The van der Waals surface area contributed by atoms with Gasteiger partial charge >= 0.3 is 0 Å². The lowest BCUT2D eigenvalue weighted by Gasteiger charge is -2.15. The molecule has 0 saturated carbocycles. The average Bonchev–Trinajstić information content (AvgIpc) is 2.46. The lowest BCUT2D eigenvalue weighted by molar-refractivity contribution is 1.40. The van der Waals surface area contributed by atoms with Gasteiger partial charge in [-0.1, -0.05) is 12.1 Å². The van der Waals surface area contributed by atoms with E-state index in [1.165, 1.54) is 19.6 Å². The highest BCUT2D eigenvalue weighted by atomic mass is 127. The molecule has 4 heteroatoms. The maximum absolute atomic E-state index is 5.88. The molecule has 3 nitrogen and oxygen atoms in total. The fourth-order valence-corrected chi connectivity index (χ4v) is 4.60. The minimum atomic E-state index is -0.247. The summed E-state index contributed by atoms with van der Waals surface area (Å²) in [6, 6.07) is 12.2. The highest BCUT2D eigenvalue weighted by Crippen LogP contribution is 2.30. The Hall–Kier alpha value is -1.56. The van der Waals surface area contributed by atoms with Gasteiger partial charge in [0.05, 0.1) is 5.69 Å². The molecule has 0 aromatic heterocycles. The number of halogens is 1. The first-order valence-electron chi connectivity index (χ1n) is 5.66. The van der Waals surface area contributed by atoms with Gasteiger partial charge in [-0.25, -0.2) is 0 Å². The minimum Gasteiger partial charge on any atom is -0.399 e. The number of nitrogen functional groups attached to an aromatic ring is 2. The van der Waals surface area contributed by atoms with Crippen LogP contribution in [-0.2, 0) is 0 Å². The van der Waals surface area contributed by atoms with Gasteiger partial charge in [0, 0.05) is 42.6 Å². The van der Waals surface area contributed by atoms with E-state index in [1.54, 1.807) is 0 Å². The van der Waals surface area contributed by atoms with E-state index in [-0.39, 0.29) is 21.0 Å². The number of fused-ring (bicyclic) bond motifs is 2. The van der Waals surface area contributed by atoms with Crippen LogP contribution in [0, 0.1) is 3.15 Å². The van der Waals surface area contributed by atoms with E-state index >= 15 is 0 Å². The van der Waals surface area contributed by atoms with Crippen LogP contribution in [-0.4, -0.2) is 7.05 Å². The van der Waals surface area contributed by atoms with Crippen molar-refractivity contribution in [2.45, 2.75) is 0 Å². The molecule has 2 aromatic rings. The van der Waals surface area contributed by atoms with Crippen molar-refractivity contribution in [1.29, 1.82) is 0 Å². The van der Waals surface area contributed by atoms with Crippen molar-refractivity contribution in [3.05, 3.63) is 50.3 Å². The van der Waals surface area contributed by atoms with Crippen molar-refractivity contribution in [3.63, 3.8) is 0 Å². The Kier molecular flexibility index (Phi) is 2.74. The van der Waals surface area contributed by atoms with Gasteiger partial charge in [0.1, 0.15) is 0 Å². The van der Waals surface area contributed by atoms with E-state index in [4.69, 9.17) is 11.5 Å². The van der Waals surface area contributed by atoms with Gasteiger partial charge in [0.15, 0.2) is 0 Å². The molecule has 1 heterocycles. The topological polar surface area (TPSA) is 55.3 Å². The van der Waals surface area contributed by atoms with Gasteiger partial charge in [-0.05, 0) is 41.1 Å². The Morgan fingerprint density at radius 2 is 1.72 bits per heavy atom. The van der Waals surface area contributed by atoms with Gasteiger partial charge in [-0.2, -0.15) is 0 Å². The van der Waals surface area contributed by atoms with Crippen LogP contribution in [0.1, 0.15) is 5.56 Å². The number of hydrogen-bond donors (Lipinski definition) is 2. The third kappa shape index (κ3) is 1.96. The van der Waals surface area contributed by atoms with Crippen LogP contribution in [0.4, 0.5) is 17.1 Å². The molecule has 0 atom stereocenters. The van der Waals surface area contributed by atoms with Crippen LogP contribution in [0.2, 0.25) is 0 Å². The summed E-state index contributed by atoms with van der Waals surface area (Å²) in [5.41, 5.74) is 15.8. The summed E-state index contributed by atoms with van der Waals surface area (Å²) in [7, 11) is 2.12. The van der Waals surface area contributed by atoms with Crippen LogP contribution < -0.4 is 19.8 Å². The largest absolute Gasteiger partial charge is 0.399 e. The van der Waals surface area contributed by atoms with E-state index < -0.39 is 0 Å². The summed E-state index contributed by atoms with van der Waals surface area (Å²) in [5.74, 6) is 0. The summed E-state index contributed by atoms with van der Waals surface area (Å²) in [6.07, 6.45) is 2.22. The maximum Gasteiger partial charge on any atom is 0.0543 e. The second kappa shape index (κ2) is 4.28. The standard InChI is InChI=1S/C14H14IN3/c1-18-14-8-12(17)5-3-10(14)6-9-2-4-11(16)7-13(9)15-18/h2-8H,16-17H2,1H3. The SMILES string of the molecule is CN1I=c2cc(N)ccc2=Cc2ccc(N)cc21. The number of hydrogen-bond acceptors (Lipinski definition) is 3. The first-order chi connectivity index (χ1) is 8.63. The van der Waals surface area contributed by atoms with Crippen molar-refractivity contribution in [2.24, 2.45) is 0 Å². The summed E-state index contributed by atoms with van der Waals surface area (Å²) in [5, 5.41) is 1.27. The Morgan fingerprint density at radius 1 is 1.00 bits per heavy atom. The smallest absolute Gasteiger partial charge is 0.0543 e. The highest BCUT2D eigenvalue weighted by Gasteiger charge is 2.08. The molecule has 92 valence electrons. The second-order valence-electron chi connectivity index (χ2n) is 4.31. The molecule has 0 radical (unpaired) electrons. The molecule has 0 spiro atoms. The molecule has 0 fully saturated rings. The molecule has 0 unspecified atom stereocenters. The number of nitrogens with zero attached hydrogens (tertiary/aromatic N) is 1. The predicted molar refractivity (Wildman–Crippen MR) is 86.2 cm³/mol. The van der Waals surface area contributed by atoms with Crippen LogP contribution in [0.5, 0.6) is 0 Å². The predicted octanol–water partition coefficient (Wildman–Crippen LogP) is 2.27. The van der Waals surface area contributed by atoms with Gasteiger partial charge in [0.2, 0.25) is 0 Å². The van der Waals surface area contributed by atoms with Gasteiger partial charge in [-0.15, -0.1) is 0 Å². The Balaban J connectivity index is 2.35.